The van der Waals surface area contributed by atoms with E-state index >= 15 is 0 Å². The lowest BCUT2D eigenvalue weighted by atomic mass is 10.1. The Morgan fingerprint density at radius 1 is 1.31 bits per heavy atom. The van der Waals surface area contributed by atoms with Crippen LogP contribution in [-0.2, 0) is 6.54 Å². The molecule has 1 atom stereocenters. The SMILES string of the molecule is O=c1[nH]c2cnc(NCC3CCNC3)nc2n1Cc1c(F)cccc1F. The highest BCUT2D eigenvalue weighted by Crippen LogP contribution is 2.16. The Balaban J connectivity index is 1.64. The van der Waals surface area contributed by atoms with Crippen LogP contribution in [0, 0.1) is 17.6 Å². The van der Waals surface area contributed by atoms with E-state index in [9.17, 15) is 13.6 Å². The van der Waals surface area contributed by atoms with Gasteiger partial charge in [-0.2, -0.15) is 4.98 Å². The summed E-state index contributed by atoms with van der Waals surface area (Å²) in [5.41, 5.74) is 0.0503. The van der Waals surface area contributed by atoms with Gasteiger partial charge >= 0.3 is 5.69 Å². The molecule has 1 aliphatic rings. The molecule has 0 aliphatic carbocycles. The van der Waals surface area contributed by atoms with Crippen LogP contribution in [0.5, 0.6) is 0 Å². The molecule has 0 radical (unpaired) electrons. The summed E-state index contributed by atoms with van der Waals surface area (Å²) < 4.78 is 29.1. The third kappa shape index (κ3) is 3.17. The van der Waals surface area contributed by atoms with E-state index in [4.69, 9.17) is 0 Å². The smallest absolute Gasteiger partial charge is 0.328 e. The Kier molecular flexibility index (Phi) is 4.37. The number of fused-ring (bicyclic) bond motifs is 1. The second-order valence-corrected chi connectivity index (χ2v) is 6.39. The number of hydrogen-bond donors (Lipinski definition) is 3. The van der Waals surface area contributed by atoms with E-state index in [1.54, 1.807) is 0 Å². The second kappa shape index (κ2) is 6.83. The molecule has 1 unspecified atom stereocenters. The molecule has 136 valence electrons. The standard InChI is InChI=1S/C17H18F2N6O/c18-12-2-1-3-13(19)11(12)9-25-15-14(23-17(25)26)8-22-16(24-15)21-7-10-4-5-20-6-10/h1-3,8,10,20H,4-7,9H2,(H,23,26)(H,21,22,24). The van der Waals surface area contributed by atoms with Gasteiger partial charge in [0.15, 0.2) is 5.65 Å². The van der Waals surface area contributed by atoms with Gasteiger partial charge in [-0.15, -0.1) is 0 Å². The number of hydrogen-bond acceptors (Lipinski definition) is 5. The van der Waals surface area contributed by atoms with Crippen molar-refractivity contribution in [2.45, 2.75) is 13.0 Å². The van der Waals surface area contributed by atoms with Crippen molar-refractivity contribution in [3.05, 3.63) is 52.1 Å². The molecule has 9 heteroatoms. The lowest BCUT2D eigenvalue weighted by molar-refractivity contribution is 0.544. The quantitative estimate of drug-likeness (QED) is 0.641. The monoisotopic (exact) mass is 360 g/mol. The number of nitrogens with zero attached hydrogens (tertiary/aromatic N) is 3. The van der Waals surface area contributed by atoms with Gasteiger partial charge < -0.3 is 15.6 Å². The summed E-state index contributed by atoms with van der Waals surface area (Å²) in [7, 11) is 0. The van der Waals surface area contributed by atoms with Crippen LogP contribution in [0.25, 0.3) is 11.2 Å². The first kappa shape index (κ1) is 16.6. The molecule has 26 heavy (non-hydrogen) atoms. The van der Waals surface area contributed by atoms with E-state index in [-0.39, 0.29) is 12.1 Å². The molecule has 7 nitrogen and oxygen atoms in total. The number of aromatic nitrogens is 4. The Bertz CT molecular complexity index is 972. The van der Waals surface area contributed by atoms with Crippen LogP contribution in [0.1, 0.15) is 12.0 Å². The number of imidazole rings is 1. The number of H-pyrrole nitrogens is 1. The fraction of sp³-hybridized carbons (Fsp3) is 0.353. The average Bonchev–Trinajstić information content (AvgIpc) is 3.24. The second-order valence-electron chi connectivity index (χ2n) is 6.39. The Hall–Kier alpha value is -2.81. The maximum absolute atomic E-state index is 13.9. The van der Waals surface area contributed by atoms with Crippen LogP contribution in [0.4, 0.5) is 14.7 Å². The molecule has 3 aromatic rings. The normalized spacial score (nSPS) is 17.1. The largest absolute Gasteiger partial charge is 0.354 e. The van der Waals surface area contributed by atoms with E-state index in [1.165, 1.54) is 16.8 Å². The van der Waals surface area contributed by atoms with Gasteiger partial charge in [0.25, 0.3) is 0 Å². The minimum Gasteiger partial charge on any atom is -0.354 e. The summed E-state index contributed by atoms with van der Waals surface area (Å²) in [4.78, 5) is 23.4. The highest BCUT2D eigenvalue weighted by Gasteiger charge is 2.17. The summed E-state index contributed by atoms with van der Waals surface area (Å²) >= 11 is 0. The number of halogens is 2. The molecular weight excluding hydrogens is 342 g/mol. The minimum absolute atomic E-state index is 0.180. The summed E-state index contributed by atoms with van der Waals surface area (Å²) in [6.45, 7) is 2.41. The Labute approximate surface area is 147 Å². The molecule has 1 aliphatic heterocycles. The zero-order chi connectivity index (χ0) is 18.1. The maximum atomic E-state index is 13.9. The fourth-order valence-corrected chi connectivity index (χ4v) is 3.14. The maximum Gasteiger partial charge on any atom is 0.328 e. The van der Waals surface area contributed by atoms with Gasteiger partial charge in [-0.05, 0) is 37.6 Å². The number of anilines is 1. The summed E-state index contributed by atoms with van der Waals surface area (Å²) in [5.74, 6) is -0.527. The Morgan fingerprint density at radius 3 is 2.85 bits per heavy atom. The van der Waals surface area contributed by atoms with E-state index < -0.39 is 17.3 Å². The predicted molar refractivity (Wildman–Crippen MR) is 93.1 cm³/mol. The van der Waals surface area contributed by atoms with Gasteiger partial charge in [-0.25, -0.2) is 18.6 Å². The lowest BCUT2D eigenvalue weighted by Gasteiger charge is -2.10. The summed E-state index contributed by atoms with van der Waals surface area (Å²) in [5, 5.41) is 6.45. The Morgan fingerprint density at radius 2 is 2.12 bits per heavy atom. The number of nitrogens with one attached hydrogen (secondary N) is 3. The van der Waals surface area contributed by atoms with Crippen molar-refractivity contribution in [3.63, 3.8) is 0 Å². The third-order valence-electron chi connectivity index (χ3n) is 4.60. The zero-order valence-corrected chi connectivity index (χ0v) is 13.9. The molecule has 2 aromatic heterocycles. The molecule has 1 fully saturated rings. The van der Waals surface area contributed by atoms with Gasteiger partial charge in [0.2, 0.25) is 5.95 Å². The molecule has 0 spiro atoms. The van der Waals surface area contributed by atoms with E-state index in [1.807, 2.05) is 0 Å². The molecule has 0 amide bonds. The van der Waals surface area contributed by atoms with Crippen molar-refractivity contribution in [2.24, 2.45) is 5.92 Å². The molecule has 1 aromatic carbocycles. The van der Waals surface area contributed by atoms with E-state index in [0.717, 1.165) is 38.2 Å². The molecule has 1 saturated heterocycles. The van der Waals surface area contributed by atoms with E-state index in [2.05, 4.69) is 25.6 Å². The average molecular weight is 360 g/mol. The molecule has 0 saturated carbocycles. The van der Waals surface area contributed by atoms with Crippen molar-refractivity contribution in [1.29, 1.82) is 0 Å². The van der Waals surface area contributed by atoms with Gasteiger partial charge in [-0.3, -0.25) is 4.57 Å². The first-order valence-electron chi connectivity index (χ1n) is 8.45. The molecular formula is C17H18F2N6O. The van der Waals surface area contributed by atoms with Crippen LogP contribution in [0.2, 0.25) is 0 Å². The predicted octanol–water partition coefficient (Wildman–Crippen LogP) is 1.47. The van der Waals surface area contributed by atoms with Crippen LogP contribution in [0.3, 0.4) is 0 Å². The fourth-order valence-electron chi connectivity index (χ4n) is 3.14. The molecule has 3 N–H and O–H groups in total. The van der Waals surface area contributed by atoms with Crippen LogP contribution >= 0.6 is 0 Å². The van der Waals surface area contributed by atoms with Gasteiger partial charge in [-0.1, -0.05) is 6.07 Å². The third-order valence-corrected chi connectivity index (χ3v) is 4.60. The van der Waals surface area contributed by atoms with Crippen molar-refractivity contribution < 1.29 is 8.78 Å². The van der Waals surface area contributed by atoms with Crippen molar-refractivity contribution in [3.8, 4) is 0 Å². The molecule has 0 bridgehead atoms. The van der Waals surface area contributed by atoms with Gasteiger partial charge in [0.05, 0.1) is 12.7 Å². The van der Waals surface area contributed by atoms with Crippen molar-refractivity contribution >= 4 is 17.1 Å². The van der Waals surface area contributed by atoms with Gasteiger partial charge in [0.1, 0.15) is 17.2 Å². The zero-order valence-electron chi connectivity index (χ0n) is 13.9. The van der Waals surface area contributed by atoms with E-state index in [0.29, 0.717) is 23.0 Å². The highest BCUT2D eigenvalue weighted by atomic mass is 19.1. The molecule has 4 rings (SSSR count). The first-order valence-corrected chi connectivity index (χ1v) is 8.45. The van der Waals surface area contributed by atoms with Crippen LogP contribution in [0.15, 0.2) is 29.2 Å². The lowest BCUT2D eigenvalue weighted by Crippen LogP contribution is -2.20. The van der Waals surface area contributed by atoms with Crippen LogP contribution < -0.4 is 16.3 Å². The van der Waals surface area contributed by atoms with Gasteiger partial charge in [0, 0.05) is 12.1 Å². The van der Waals surface area contributed by atoms with Crippen molar-refractivity contribution in [1.82, 2.24) is 24.8 Å². The number of rotatable bonds is 5. The highest BCUT2D eigenvalue weighted by molar-refractivity contribution is 5.71. The number of benzene rings is 1. The minimum atomic E-state index is -0.701. The van der Waals surface area contributed by atoms with Crippen LogP contribution in [-0.4, -0.2) is 39.2 Å². The summed E-state index contributed by atoms with van der Waals surface area (Å²) in [6, 6.07) is 3.61. The first-order chi connectivity index (χ1) is 12.6. The number of aromatic amines is 1. The topological polar surface area (TPSA) is 87.6 Å². The molecule has 3 heterocycles. The van der Waals surface area contributed by atoms with Crippen molar-refractivity contribution in [2.75, 3.05) is 25.0 Å². The summed E-state index contributed by atoms with van der Waals surface area (Å²) in [6.07, 6.45) is 2.57.